The maximum Gasteiger partial charge on any atom is 0.314 e. The first-order valence-electron chi connectivity index (χ1n) is 12.5. The molecule has 1 aromatic heterocycles. The fraction of sp³-hybridized carbons (Fsp3) is 0.103. The predicted molar refractivity (Wildman–Crippen MR) is 152 cm³/mol. The zero-order valence-corrected chi connectivity index (χ0v) is 22.5. The second kappa shape index (κ2) is 9.12. The predicted octanol–water partition coefficient (Wildman–Crippen LogP) is 5.29. The van der Waals surface area contributed by atoms with Gasteiger partial charge in [-0.15, -0.1) is 0 Å². The summed E-state index contributed by atoms with van der Waals surface area (Å²) in [6.45, 7) is 0. The van der Waals surface area contributed by atoms with Crippen molar-refractivity contribution in [1.29, 1.82) is 0 Å². The normalized spacial score (nSPS) is 22.6. The molecule has 3 aliphatic rings. The number of hydrogen-bond donors (Lipinski definition) is 2. The van der Waals surface area contributed by atoms with Crippen molar-refractivity contribution in [3.63, 3.8) is 0 Å². The molecule has 1 amide bonds. The van der Waals surface area contributed by atoms with Crippen molar-refractivity contribution in [2.45, 2.75) is 23.2 Å². The molecule has 0 radical (unpaired) electrons. The Bertz CT molecular complexity index is 1820. The number of nitrogens with zero attached hydrogens (tertiary/aromatic N) is 2. The molecule has 0 bridgehead atoms. The number of furan rings is 1. The second-order valence-electron chi connectivity index (χ2n) is 9.56. The number of carbonyl (C=O) groups is 1. The number of sulfonamides is 1. The molecular formula is C29H22N4O5S2. The van der Waals surface area contributed by atoms with Crippen LogP contribution in [0.2, 0.25) is 0 Å². The lowest BCUT2D eigenvalue weighted by molar-refractivity contribution is -0.0949. The maximum atomic E-state index is 12.9. The van der Waals surface area contributed by atoms with Gasteiger partial charge in [0.05, 0.1) is 21.6 Å². The Labute approximate surface area is 234 Å². The lowest BCUT2D eigenvalue weighted by atomic mass is 9.96. The number of fused-ring (bicyclic) bond motifs is 4. The van der Waals surface area contributed by atoms with Crippen LogP contribution >= 0.6 is 11.8 Å². The number of nitrogens with two attached hydrogens (primary N) is 1. The van der Waals surface area contributed by atoms with Crippen molar-refractivity contribution < 1.29 is 22.4 Å². The van der Waals surface area contributed by atoms with Crippen LogP contribution in [0.5, 0.6) is 5.75 Å². The lowest BCUT2D eigenvalue weighted by Crippen LogP contribution is -2.61. The molecule has 0 saturated carbocycles. The number of hydrazone groups is 1. The average molecular weight is 571 g/mol. The van der Waals surface area contributed by atoms with Crippen LogP contribution in [-0.2, 0) is 10.0 Å². The van der Waals surface area contributed by atoms with Crippen LogP contribution in [0.3, 0.4) is 0 Å². The van der Waals surface area contributed by atoms with Gasteiger partial charge in [-0.2, -0.15) is 5.10 Å². The molecule has 40 heavy (non-hydrogen) atoms. The van der Waals surface area contributed by atoms with Crippen molar-refractivity contribution in [2.75, 3.05) is 0 Å². The number of benzene rings is 3. The zero-order valence-electron chi connectivity index (χ0n) is 20.9. The first kappa shape index (κ1) is 24.7. The Kier molecular flexibility index (Phi) is 5.63. The van der Waals surface area contributed by atoms with Crippen molar-refractivity contribution in [3.8, 4) is 17.1 Å². The maximum absolute atomic E-state index is 12.9. The van der Waals surface area contributed by atoms with Crippen LogP contribution in [0.1, 0.15) is 29.3 Å². The minimum Gasteiger partial charge on any atom is -0.457 e. The van der Waals surface area contributed by atoms with Crippen LogP contribution in [0.25, 0.3) is 17.4 Å². The first-order chi connectivity index (χ1) is 19.3. The number of hydrogen-bond acceptors (Lipinski definition) is 8. The highest BCUT2D eigenvalue weighted by Gasteiger charge is 2.58. The number of ether oxygens (including phenoxy) is 1. The largest absolute Gasteiger partial charge is 0.457 e. The van der Waals surface area contributed by atoms with Crippen LogP contribution in [0.4, 0.5) is 4.79 Å². The van der Waals surface area contributed by atoms with Gasteiger partial charge >= 0.3 is 5.85 Å². The van der Waals surface area contributed by atoms with Crippen molar-refractivity contribution in [3.05, 3.63) is 113 Å². The van der Waals surface area contributed by atoms with Crippen LogP contribution < -0.4 is 15.2 Å². The number of nitrogens with one attached hydrogen (secondary N) is 1. The molecule has 3 aliphatic heterocycles. The van der Waals surface area contributed by atoms with Gasteiger partial charge < -0.3 is 9.15 Å². The van der Waals surface area contributed by atoms with E-state index in [1.54, 1.807) is 30.3 Å². The van der Waals surface area contributed by atoms with E-state index in [0.29, 0.717) is 34.2 Å². The Balaban J connectivity index is 1.29. The zero-order chi connectivity index (χ0) is 27.5. The van der Waals surface area contributed by atoms with E-state index in [2.05, 4.69) is 5.32 Å². The van der Waals surface area contributed by atoms with E-state index in [0.717, 1.165) is 28.6 Å². The molecular weight excluding hydrogens is 548 g/mol. The third kappa shape index (κ3) is 4.10. The highest BCUT2D eigenvalue weighted by Crippen LogP contribution is 2.52. The number of para-hydroxylation sites is 1. The summed E-state index contributed by atoms with van der Waals surface area (Å²) in [7, 11) is -3.79. The summed E-state index contributed by atoms with van der Waals surface area (Å²) < 4.78 is 35.8. The van der Waals surface area contributed by atoms with Crippen LogP contribution in [0.15, 0.2) is 110 Å². The summed E-state index contributed by atoms with van der Waals surface area (Å²) in [6.07, 6.45) is 2.42. The Morgan fingerprint density at radius 1 is 0.975 bits per heavy atom. The fourth-order valence-electron chi connectivity index (χ4n) is 5.19. The summed E-state index contributed by atoms with van der Waals surface area (Å²) in [6, 6.07) is 27.3. The number of primary sulfonamides is 1. The number of rotatable bonds is 4. The molecule has 2 unspecified atom stereocenters. The van der Waals surface area contributed by atoms with E-state index in [1.807, 2.05) is 59.6 Å². The summed E-state index contributed by atoms with van der Waals surface area (Å²) in [4.78, 5) is 13.5. The Morgan fingerprint density at radius 2 is 1.73 bits per heavy atom. The molecule has 200 valence electrons. The van der Waals surface area contributed by atoms with Gasteiger partial charge in [0.2, 0.25) is 10.0 Å². The summed E-state index contributed by atoms with van der Waals surface area (Å²) in [5.74, 6) is 0.357. The molecule has 4 aromatic rings. The third-order valence-electron chi connectivity index (χ3n) is 7.05. The van der Waals surface area contributed by atoms with E-state index in [1.165, 1.54) is 12.1 Å². The molecule has 1 fully saturated rings. The van der Waals surface area contributed by atoms with E-state index in [-0.39, 0.29) is 16.2 Å². The Morgan fingerprint density at radius 3 is 2.50 bits per heavy atom. The number of carbonyl (C=O) groups excluding carboxylic acids is 1. The van der Waals surface area contributed by atoms with Gasteiger partial charge in [0.25, 0.3) is 5.24 Å². The molecule has 4 heterocycles. The van der Waals surface area contributed by atoms with Gasteiger partial charge in [0.15, 0.2) is 0 Å². The van der Waals surface area contributed by atoms with Gasteiger partial charge in [-0.05, 0) is 65.9 Å². The molecule has 7 rings (SSSR count). The molecule has 9 nitrogen and oxygen atoms in total. The van der Waals surface area contributed by atoms with Gasteiger partial charge in [0, 0.05) is 17.5 Å². The first-order valence-corrected chi connectivity index (χ1v) is 14.8. The van der Waals surface area contributed by atoms with Gasteiger partial charge in [-0.25, -0.2) is 18.6 Å². The van der Waals surface area contributed by atoms with Crippen molar-refractivity contribution >= 4 is 38.8 Å². The lowest BCUT2D eigenvalue weighted by Gasteiger charge is -2.44. The number of thioether (sulfide) groups is 1. The molecule has 3 N–H and O–H groups in total. The summed E-state index contributed by atoms with van der Waals surface area (Å²) in [5, 5.41) is 14.8. The number of amides is 1. The van der Waals surface area contributed by atoms with Crippen LogP contribution in [-0.4, -0.2) is 30.2 Å². The topological polar surface area (TPSA) is 127 Å². The highest BCUT2D eigenvalue weighted by molar-refractivity contribution is 8.17. The second-order valence-corrected chi connectivity index (χ2v) is 12.1. The standard InChI is InChI=1S/C29H22N4O5S2/c30-40(35,36)21-13-10-19(11-14-21)25-15-12-20(37-25)16-27-29(31-28(34)39-27)33-24(22-8-4-5-9-26(22)38-29)17-23(32-33)18-6-2-1-3-7-18/h1-16,24H,17H2,(H,31,34)(H2,30,35,36). The molecule has 11 heteroatoms. The van der Waals surface area contributed by atoms with E-state index < -0.39 is 15.9 Å². The average Bonchev–Trinajstić information content (AvgIpc) is 3.68. The third-order valence-corrected chi connectivity index (χ3v) is 8.88. The summed E-state index contributed by atoms with van der Waals surface area (Å²) >= 11 is 1.03. The van der Waals surface area contributed by atoms with Crippen molar-refractivity contribution in [1.82, 2.24) is 10.3 Å². The highest BCUT2D eigenvalue weighted by atomic mass is 32.2. The minimum absolute atomic E-state index is 0.0179. The van der Waals surface area contributed by atoms with E-state index in [4.69, 9.17) is 19.4 Å². The Hall–Kier alpha value is -4.32. The molecule has 1 saturated heterocycles. The van der Waals surface area contributed by atoms with Crippen LogP contribution in [0, 0.1) is 0 Å². The van der Waals surface area contributed by atoms with Gasteiger partial charge in [-0.1, -0.05) is 48.5 Å². The molecule has 1 spiro atoms. The molecule has 0 aliphatic carbocycles. The fourth-order valence-corrected chi connectivity index (χ4v) is 6.60. The SMILES string of the molecule is NS(=O)(=O)c1ccc(-c2ccc(C=C3SC(=O)NC34Oc3ccccc3C3CC(c5ccccc5)=NN34)o2)cc1. The molecule has 3 aromatic carbocycles. The monoisotopic (exact) mass is 570 g/mol. The minimum atomic E-state index is -3.79. The van der Waals surface area contributed by atoms with E-state index >= 15 is 0 Å². The van der Waals surface area contributed by atoms with Gasteiger partial charge in [-0.3, -0.25) is 10.1 Å². The smallest absolute Gasteiger partial charge is 0.314 e. The summed E-state index contributed by atoms with van der Waals surface area (Å²) in [5.41, 5.74) is 3.59. The van der Waals surface area contributed by atoms with E-state index in [9.17, 15) is 13.2 Å². The van der Waals surface area contributed by atoms with Crippen molar-refractivity contribution in [2.24, 2.45) is 10.2 Å². The van der Waals surface area contributed by atoms with Gasteiger partial charge in [0.1, 0.15) is 17.3 Å². The molecule has 2 atom stereocenters. The quantitative estimate of drug-likeness (QED) is 0.341.